The molecule has 4 heterocycles. The Morgan fingerprint density at radius 2 is 1.85 bits per heavy atom. The van der Waals surface area contributed by atoms with Gasteiger partial charge in [-0.3, -0.25) is 9.78 Å². The zero-order valence-corrected chi connectivity index (χ0v) is 23.1. The van der Waals surface area contributed by atoms with Crippen LogP contribution in [0.1, 0.15) is 28.0 Å². The summed E-state index contributed by atoms with van der Waals surface area (Å²) in [4.78, 5) is 27.9. The van der Waals surface area contributed by atoms with Gasteiger partial charge in [-0.2, -0.15) is 13.2 Å². The maximum absolute atomic E-state index is 13.4. The number of hydrogen-bond acceptors (Lipinski definition) is 8. The van der Waals surface area contributed by atoms with E-state index in [-0.39, 0.29) is 36.5 Å². The fraction of sp³-hybridized carbons (Fsp3) is 0.286. The zero-order chi connectivity index (χ0) is 29.6. The maximum Gasteiger partial charge on any atom is 0.408 e. The Hall–Kier alpha value is -4.10. The molecule has 1 aliphatic heterocycles. The molecule has 4 aromatic rings. The van der Waals surface area contributed by atoms with Gasteiger partial charge in [0.15, 0.2) is 9.84 Å². The van der Waals surface area contributed by atoms with Crippen molar-refractivity contribution in [2.75, 3.05) is 24.2 Å². The van der Waals surface area contributed by atoms with Gasteiger partial charge in [-0.1, -0.05) is 12.1 Å². The lowest BCUT2D eigenvalue weighted by Crippen LogP contribution is -2.55. The number of fused-ring (bicyclic) bond motifs is 1. The van der Waals surface area contributed by atoms with E-state index in [1.807, 2.05) is 6.07 Å². The molecular weight excluding hydrogens is 557 g/mol. The number of aryl methyl sites for hydroxylation is 1. The van der Waals surface area contributed by atoms with Gasteiger partial charge < -0.3 is 16.0 Å². The first-order chi connectivity index (χ1) is 19.2. The second-order valence-electron chi connectivity index (χ2n) is 10.2. The Kier molecular flexibility index (Phi) is 7.20. The number of pyridine rings is 3. The van der Waals surface area contributed by atoms with Gasteiger partial charge in [-0.15, -0.1) is 0 Å². The van der Waals surface area contributed by atoms with Crippen LogP contribution in [0, 0.1) is 6.92 Å². The van der Waals surface area contributed by atoms with Crippen molar-refractivity contribution >= 4 is 32.5 Å². The Labute approximate surface area is 234 Å². The minimum Gasteiger partial charge on any atom is -0.354 e. The number of benzene rings is 1. The van der Waals surface area contributed by atoms with Crippen LogP contribution in [0.15, 0.2) is 65.7 Å². The standard InChI is InChI=1S/C28H27F3N6O3S/c1-17-6-7-18(12-24(17)41(2,39)40)26(38)34-15-20-13-23-19(14-33-20)8-9-22(35-23)21-4-3-5-25(36-21)37-11-10-27(32,16-37)28(29,30)31/h3-9,12-14H,10-11,15-16,32H2,1-2H3,(H,34,38). The molecule has 1 fully saturated rings. The third-order valence-electron chi connectivity index (χ3n) is 7.10. The summed E-state index contributed by atoms with van der Waals surface area (Å²) in [6.07, 6.45) is -2.02. The molecule has 214 valence electrons. The fourth-order valence-electron chi connectivity index (χ4n) is 4.71. The molecule has 0 aliphatic carbocycles. The van der Waals surface area contributed by atoms with Gasteiger partial charge in [-0.25, -0.2) is 18.4 Å². The smallest absolute Gasteiger partial charge is 0.354 e. The first-order valence-electron chi connectivity index (χ1n) is 12.7. The first kappa shape index (κ1) is 28.4. The highest BCUT2D eigenvalue weighted by Crippen LogP contribution is 2.37. The van der Waals surface area contributed by atoms with Crippen LogP contribution < -0.4 is 16.0 Å². The van der Waals surface area contributed by atoms with Gasteiger partial charge in [0, 0.05) is 36.5 Å². The van der Waals surface area contributed by atoms with E-state index < -0.39 is 27.5 Å². The highest BCUT2D eigenvalue weighted by molar-refractivity contribution is 7.90. The molecule has 0 spiro atoms. The van der Waals surface area contributed by atoms with Crippen LogP contribution in [0.4, 0.5) is 19.0 Å². The predicted octanol–water partition coefficient (Wildman–Crippen LogP) is 3.80. The van der Waals surface area contributed by atoms with Gasteiger partial charge in [-0.05, 0) is 61.4 Å². The lowest BCUT2D eigenvalue weighted by molar-refractivity contribution is -0.179. The maximum atomic E-state index is 13.4. The summed E-state index contributed by atoms with van der Waals surface area (Å²) in [7, 11) is -3.49. The Balaban J connectivity index is 1.33. The van der Waals surface area contributed by atoms with Crippen LogP contribution in [-0.2, 0) is 16.4 Å². The Morgan fingerprint density at radius 3 is 2.56 bits per heavy atom. The third kappa shape index (κ3) is 5.86. The quantitative estimate of drug-likeness (QED) is 0.350. The molecule has 1 aliphatic rings. The van der Waals surface area contributed by atoms with E-state index >= 15 is 0 Å². The van der Waals surface area contributed by atoms with Crippen LogP contribution in [-0.4, -0.2) is 60.3 Å². The zero-order valence-electron chi connectivity index (χ0n) is 22.2. The van der Waals surface area contributed by atoms with Crippen molar-refractivity contribution in [3.05, 3.63) is 77.6 Å². The molecule has 1 unspecified atom stereocenters. The van der Waals surface area contributed by atoms with Crippen molar-refractivity contribution in [1.82, 2.24) is 20.3 Å². The second kappa shape index (κ2) is 10.4. The van der Waals surface area contributed by atoms with Gasteiger partial charge in [0.25, 0.3) is 5.91 Å². The molecule has 13 heteroatoms. The molecule has 0 radical (unpaired) electrons. The van der Waals surface area contributed by atoms with E-state index in [1.54, 1.807) is 55.6 Å². The molecule has 1 saturated heterocycles. The van der Waals surface area contributed by atoms with Crippen LogP contribution >= 0.6 is 0 Å². The summed E-state index contributed by atoms with van der Waals surface area (Å²) in [5, 5.41) is 3.49. The number of hydrogen-bond donors (Lipinski definition) is 2. The Morgan fingerprint density at radius 1 is 1.10 bits per heavy atom. The van der Waals surface area contributed by atoms with Gasteiger partial charge >= 0.3 is 6.18 Å². The van der Waals surface area contributed by atoms with Crippen molar-refractivity contribution in [3.63, 3.8) is 0 Å². The number of amides is 1. The summed E-state index contributed by atoms with van der Waals surface area (Å²) in [6.45, 7) is 1.49. The van der Waals surface area contributed by atoms with Crippen LogP contribution in [0.2, 0.25) is 0 Å². The molecule has 41 heavy (non-hydrogen) atoms. The molecule has 3 N–H and O–H groups in total. The van der Waals surface area contributed by atoms with Crippen LogP contribution in [0.5, 0.6) is 0 Å². The number of nitrogens with one attached hydrogen (secondary N) is 1. The molecule has 9 nitrogen and oxygen atoms in total. The Bertz CT molecular complexity index is 1760. The summed E-state index contributed by atoms with van der Waals surface area (Å²) in [5.41, 5.74) is 6.23. The molecule has 5 rings (SSSR count). The third-order valence-corrected chi connectivity index (χ3v) is 8.34. The van der Waals surface area contributed by atoms with Crippen molar-refractivity contribution in [1.29, 1.82) is 0 Å². The number of nitrogens with two attached hydrogens (primary N) is 1. The molecule has 1 amide bonds. The molecule has 0 bridgehead atoms. The van der Waals surface area contributed by atoms with E-state index in [2.05, 4.69) is 20.3 Å². The monoisotopic (exact) mass is 584 g/mol. The summed E-state index contributed by atoms with van der Waals surface area (Å²) in [6, 6.07) is 14.8. The number of carbonyl (C=O) groups excluding carboxylic acids is 1. The number of rotatable bonds is 6. The van der Waals surface area contributed by atoms with Crippen LogP contribution in [0.3, 0.4) is 0 Å². The summed E-state index contributed by atoms with van der Waals surface area (Å²) >= 11 is 0. The number of sulfone groups is 1. The highest BCUT2D eigenvalue weighted by Gasteiger charge is 2.55. The molecule has 1 atom stereocenters. The van der Waals surface area contributed by atoms with E-state index in [4.69, 9.17) is 5.73 Å². The molecule has 0 saturated carbocycles. The van der Waals surface area contributed by atoms with Crippen molar-refractivity contribution in [2.45, 2.75) is 36.5 Å². The lowest BCUT2D eigenvalue weighted by Gasteiger charge is -2.27. The number of anilines is 1. The van der Waals surface area contributed by atoms with E-state index in [1.165, 1.54) is 11.0 Å². The normalized spacial score (nSPS) is 17.7. The largest absolute Gasteiger partial charge is 0.408 e. The fourth-order valence-corrected chi connectivity index (χ4v) is 5.71. The van der Waals surface area contributed by atoms with E-state index in [0.29, 0.717) is 34.0 Å². The highest BCUT2D eigenvalue weighted by atomic mass is 32.2. The number of halogens is 3. The average Bonchev–Trinajstić information content (AvgIpc) is 3.34. The SMILES string of the molecule is Cc1ccc(C(=O)NCc2cc3nc(-c4cccc(N5CCC(N)(C(F)(F)F)C5)n4)ccc3cn2)cc1S(C)(=O)=O. The number of carbonyl (C=O) groups is 1. The lowest BCUT2D eigenvalue weighted by atomic mass is 10.00. The molecule has 1 aromatic carbocycles. The predicted molar refractivity (Wildman–Crippen MR) is 148 cm³/mol. The minimum absolute atomic E-state index is 0.0749. The van der Waals surface area contributed by atoms with Crippen molar-refractivity contribution < 1.29 is 26.4 Å². The van der Waals surface area contributed by atoms with Crippen LogP contribution in [0.25, 0.3) is 22.3 Å². The van der Waals surface area contributed by atoms with Crippen molar-refractivity contribution in [2.24, 2.45) is 5.73 Å². The molecule has 3 aromatic heterocycles. The van der Waals surface area contributed by atoms with Gasteiger partial charge in [0.1, 0.15) is 11.4 Å². The second-order valence-corrected chi connectivity index (χ2v) is 12.2. The van der Waals surface area contributed by atoms with E-state index in [9.17, 15) is 26.4 Å². The van der Waals surface area contributed by atoms with Gasteiger partial charge in [0.2, 0.25) is 0 Å². The topological polar surface area (TPSA) is 131 Å². The average molecular weight is 585 g/mol. The molecular formula is C28H27F3N6O3S. The summed E-state index contributed by atoms with van der Waals surface area (Å²) < 4.78 is 64.2. The number of aromatic nitrogens is 3. The van der Waals surface area contributed by atoms with E-state index in [0.717, 1.165) is 11.6 Å². The van der Waals surface area contributed by atoms with Crippen molar-refractivity contribution in [3.8, 4) is 11.4 Å². The minimum atomic E-state index is -4.51. The number of alkyl halides is 3. The van der Waals surface area contributed by atoms with Gasteiger partial charge in [0.05, 0.1) is 34.0 Å². The summed E-state index contributed by atoms with van der Waals surface area (Å²) in [5.74, 6) is -0.0670. The number of nitrogens with zero attached hydrogens (tertiary/aromatic N) is 4. The first-order valence-corrected chi connectivity index (χ1v) is 14.6.